The summed E-state index contributed by atoms with van der Waals surface area (Å²) >= 11 is 7.85. The highest BCUT2D eigenvalue weighted by molar-refractivity contribution is 7.13. The van der Waals surface area contributed by atoms with Crippen LogP contribution >= 0.6 is 22.9 Å². The zero-order valence-electron chi connectivity index (χ0n) is 12.2. The maximum Gasteiger partial charge on any atom is 0.220 e. The second kappa shape index (κ2) is 6.77. The number of quaternary nitrogens is 1. The molecule has 2 heterocycles. The zero-order chi connectivity index (χ0) is 15.5. The van der Waals surface area contributed by atoms with Gasteiger partial charge in [0.25, 0.3) is 0 Å². The third kappa shape index (κ3) is 3.48. The van der Waals surface area contributed by atoms with E-state index in [0.717, 1.165) is 53.8 Å². The fourth-order valence-electron chi connectivity index (χ4n) is 2.89. The van der Waals surface area contributed by atoms with E-state index in [1.165, 1.54) is 4.90 Å². The van der Waals surface area contributed by atoms with E-state index in [1.54, 1.807) is 11.3 Å². The number of nitrogens with one attached hydrogen (secondary N) is 1. The van der Waals surface area contributed by atoms with Crippen LogP contribution in [0.1, 0.15) is 18.5 Å². The SMILES string of the molecule is NC(=O)C1CC[NH+](Cc2csc(-c3ccccc3Cl)n2)CC1. The van der Waals surface area contributed by atoms with E-state index in [1.807, 2.05) is 24.3 Å². The fraction of sp³-hybridized carbons (Fsp3) is 0.375. The molecule has 1 aromatic heterocycles. The zero-order valence-corrected chi connectivity index (χ0v) is 13.8. The van der Waals surface area contributed by atoms with Crippen LogP contribution in [-0.2, 0) is 11.3 Å². The first-order chi connectivity index (χ1) is 10.6. The van der Waals surface area contributed by atoms with Gasteiger partial charge in [0.1, 0.15) is 17.2 Å². The van der Waals surface area contributed by atoms with Crippen molar-refractivity contribution in [3.05, 3.63) is 40.4 Å². The predicted octanol–water partition coefficient (Wildman–Crippen LogP) is 1.74. The molecular formula is C16H19ClN3OS+. The Morgan fingerprint density at radius 2 is 2.09 bits per heavy atom. The smallest absolute Gasteiger partial charge is 0.220 e. The Hall–Kier alpha value is -1.43. The molecule has 1 aliphatic heterocycles. The molecule has 0 unspecified atom stereocenters. The van der Waals surface area contributed by atoms with Crippen molar-refractivity contribution in [2.24, 2.45) is 11.7 Å². The van der Waals surface area contributed by atoms with Crippen LogP contribution in [0.4, 0.5) is 0 Å². The van der Waals surface area contributed by atoms with Crippen molar-refractivity contribution in [3.8, 4) is 10.6 Å². The number of carbonyl (C=O) groups excluding carboxylic acids is 1. The Morgan fingerprint density at radius 3 is 2.77 bits per heavy atom. The van der Waals surface area contributed by atoms with E-state index in [0.29, 0.717) is 0 Å². The molecule has 3 rings (SSSR count). The van der Waals surface area contributed by atoms with Gasteiger partial charge in [-0.3, -0.25) is 4.79 Å². The number of piperidine rings is 1. The maximum absolute atomic E-state index is 11.2. The lowest BCUT2D eigenvalue weighted by Gasteiger charge is -2.27. The Morgan fingerprint density at radius 1 is 1.36 bits per heavy atom. The first-order valence-electron chi connectivity index (χ1n) is 7.45. The summed E-state index contributed by atoms with van der Waals surface area (Å²) in [5.41, 5.74) is 7.45. The Balaban J connectivity index is 1.63. The van der Waals surface area contributed by atoms with E-state index in [2.05, 4.69) is 5.38 Å². The maximum atomic E-state index is 11.2. The standard InChI is InChI=1S/C16H18ClN3OS/c17-14-4-2-1-3-13(14)16-19-12(10-22-16)9-20-7-5-11(6-8-20)15(18)21/h1-4,10-11H,5-9H2,(H2,18,21)/p+1. The molecule has 0 spiro atoms. The largest absolute Gasteiger partial charge is 0.369 e. The Kier molecular flexibility index (Phi) is 4.76. The molecule has 116 valence electrons. The fourth-order valence-corrected chi connectivity index (χ4v) is 4.03. The van der Waals surface area contributed by atoms with Gasteiger partial charge < -0.3 is 10.6 Å². The van der Waals surface area contributed by atoms with Crippen molar-refractivity contribution >= 4 is 28.8 Å². The van der Waals surface area contributed by atoms with Crippen LogP contribution in [0, 0.1) is 5.92 Å². The average molecular weight is 337 g/mol. The molecule has 1 aromatic carbocycles. The molecule has 1 aliphatic rings. The van der Waals surface area contributed by atoms with Crippen molar-refractivity contribution in [1.82, 2.24) is 4.98 Å². The molecular weight excluding hydrogens is 318 g/mol. The predicted molar refractivity (Wildman–Crippen MR) is 88.9 cm³/mol. The second-order valence-electron chi connectivity index (χ2n) is 5.73. The summed E-state index contributed by atoms with van der Waals surface area (Å²) in [6, 6.07) is 7.78. The summed E-state index contributed by atoms with van der Waals surface area (Å²) in [6.45, 7) is 2.85. The van der Waals surface area contributed by atoms with Crippen molar-refractivity contribution in [2.45, 2.75) is 19.4 Å². The van der Waals surface area contributed by atoms with Crippen LogP contribution in [-0.4, -0.2) is 24.0 Å². The summed E-state index contributed by atoms with van der Waals surface area (Å²) in [5, 5.41) is 3.80. The average Bonchev–Trinajstić information content (AvgIpc) is 2.96. The minimum Gasteiger partial charge on any atom is -0.369 e. The molecule has 0 saturated carbocycles. The van der Waals surface area contributed by atoms with Gasteiger partial charge in [0, 0.05) is 29.7 Å². The highest BCUT2D eigenvalue weighted by Gasteiger charge is 2.26. The summed E-state index contributed by atoms with van der Waals surface area (Å²) in [6.07, 6.45) is 1.76. The minimum atomic E-state index is -0.159. The van der Waals surface area contributed by atoms with Gasteiger partial charge in [-0.05, 0) is 6.07 Å². The lowest BCUT2D eigenvalue weighted by Crippen LogP contribution is -3.11. The van der Waals surface area contributed by atoms with Gasteiger partial charge in [-0.25, -0.2) is 4.98 Å². The van der Waals surface area contributed by atoms with Gasteiger partial charge in [0.15, 0.2) is 0 Å². The van der Waals surface area contributed by atoms with E-state index >= 15 is 0 Å². The number of amides is 1. The van der Waals surface area contributed by atoms with Gasteiger partial charge in [0.05, 0.1) is 18.1 Å². The van der Waals surface area contributed by atoms with Crippen LogP contribution in [0.15, 0.2) is 29.6 Å². The normalized spacial score (nSPS) is 21.7. The third-order valence-electron chi connectivity index (χ3n) is 4.18. The van der Waals surface area contributed by atoms with Crippen molar-refractivity contribution in [1.29, 1.82) is 0 Å². The number of thiazole rings is 1. The van der Waals surface area contributed by atoms with Gasteiger partial charge in [-0.15, -0.1) is 11.3 Å². The Labute approximate surface area is 138 Å². The van der Waals surface area contributed by atoms with Crippen molar-refractivity contribution < 1.29 is 9.69 Å². The number of aromatic nitrogens is 1. The van der Waals surface area contributed by atoms with Crippen LogP contribution in [0.25, 0.3) is 10.6 Å². The first kappa shape index (κ1) is 15.5. The van der Waals surface area contributed by atoms with Crippen LogP contribution in [0.3, 0.4) is 0 Å². The van der Waals surface area contributed by atoms with Crippen molar-refractivity contribution in [2.75, 3.05) is 13.1 Å². The van der Waals surface area contributed by atoms with Crippen LogP contribution in [0.5, 0.6) is 0 Å². The van der Waals surface area contributed by atoms with E-state index < -0.39 is 0 Å². The highest BCUT2D eigenvalue weighted by Crippen LogP contribution is 2.29. The highest BCUT2D eigenvalue weighted by atomic mass is 35.5. The van der Waals surface area contributed by atoms with Gasteiger partial charge in [-0.2, -0.15) is 0 Å². The lowest BCUT2D eigenvalue weighted by atomic mass is 9.96. The molecule has 0 bridgehead atoms. The topological polar surface area (TPSA) is 60.4 Å². The summed E-state index contributed by atoms with van der Waals surface area (Å²) in [4.78, 5) is 17.4. The minimum absolute atomic E-state index is 0.0536. The number of carbonyl (C=O) groups is 1. The molecule has 0 atom stereocenters. The van der Waals surface area contributed by atoms with Crippen molar-refractivity contribution in [3.63, 3.8) is 0 Å². The Bertz CT molecular complexity index is 665. The van der Waals surface area contributed by atoms with E-state index in [-0.39, 0.29) is 11.8 Å². The van der Waals surface area contributed by atoms with E-state index in [4.69, 9.17) is 22.3 Å². The van der Waals surface area contributed by atoms with Crippen LogP contribution in [0.2, 0.25) is 5.02 Å². The summed E-state index contributed by atoms with van der Waals surface area (Å²) in [5.74, 6) is -0.105. The number of nitrogens with zero attached hydrogens (tertiary/aromatic N) is 1. The van der Waals surface area contributed by atoms with E-state index in [9.17, 15) is 4.79 Å². The number of likely N-dealkylation sites (tertiary alicyclic amines) is 1. The first-order valence-corrected chi connectivity index (χ1v) is 8.71. The molecule has 0 radical (unpaired) electrons. The van der Waals surface area contributed by atoms with Gasteiger partial charge in [0.2, 0.25) is 5.91 Å². The molecule has 4 nitrogen and oxygen atoms in total. The number of nitrogens with two attached hydrogens (primary N) is 1. The monoisotopic (exact) mass is 336 g/mol. The number of benzene rings is 1. The lowest BCUT2D eigenvalue weighted by molar-refractivity contribution is -0.919. The van der Waals surface area contributed by atoms with Crippen LogP contribution < -0.4 is 10.6 Å². The molecule has 6 heteroatoms. The van der Waals surface area contributed by atoms with Gasteiger partial charge >= 0.3 is 0 Å². The number of primary amides is 1. The molecule has 22 heavy (non-hydrogen) atoms. The molecule has 1 amide bonds. The number of halogens is 1. The molecule has 0 aliphatic carbocycles. The second-order valence-corrected chi connectivity index (χ2v) is 6.99. The molecule has 2 aromatic rings. The number of hydrogen-bond donors (Lipinski definition) is 2. The molecule has 1 saturated heterocycles. The molecule has 1 fully saturated rings. The summed E-state index contributed by atoms with van der Waals surface area (Å²) < 4.78 is 0. The third-order valence-corrected chi connectivity index (χ3v) is 5.44. The number of rotatable bonds is 4. The molecule has 3 N–H and O–H groups in total. The quantitative estimate of drug-likeness (QED) is 0.893. The number of hydrogen-bond acceptors (Lipinski definition) is 3. The summed E-state index contributed by atoms with van der Waals surface area (Å²) in [7, 11) is 0. The van der Waals surface area contributed by atoms with Gasteiger partial charge in [-0.1, -0.05) is 29.8 Å².